The fraction of sp³-hybridized carbons (Fsp3) is 0.500. The fourth-order valence-electron chi connectivity index (χ4n) is 2.46. The minimum atomic E-state index is 0.743. The second-order valence-corrected chi connectivity index (χ2v) is 5.26. The Morgan fingerprint density at radius 2 is 1.90 bits per heavy atom. The van der Waals surface area contributed by atoms with Crippen LogP contribution in [0.4, 0.5) is 5.95 Å². The summed E-state index contributed by atoms with van der Waals surface area (Å²) in [5.74, 6) is 0.841. The molecular formula is C14H20N6. The molecule has 0 unspecified atom stereocenters. The van der Waals surface area contributed by atoms with E-state index < -0.39 is 0 Å². The van der Waals surface area contributed by atoms with Crippen molar-refractivity contribution in [3.05, 3.63) is 34.9 Å². The van der Waals surface area contributed by atoms with Gasteiger partial charge in [0, 0.05) is 44.0 Å². The number of nitrogens with zero attached hydrogens (tertiary/aromatic N) is 4. The first kappa shape index (κ1) is 13.1. The zero-order chi connectivity index (χ0) is 13.9. The molecule has 1 aliphatic rings. The van der Waals surface area contributed by atoms with E-state index >= 15 is 0 Å². The van der Waals surface area contributed by atoms with E-state index in [9.17, 15) is 0 Å². The lowest BCUT2D eigenvalue weighted by Gasteiger charge is -2.27. The minimum Gasteiger partial charge on any atom is -0.338 e. The number of nitrogens with one attached hydrogen (secondary N) is 2. The normalized spacial score (nSPS) is 15.6. The second kappa shape index (κ2) is 5.58. The molecular weight excluding hydrogens is 252 g/mol. The SMILES string of the molecule is Cc1cc(Cc2cc(C)[nH]n2)nc(N2CCNCC2)n1. The molecule has 0 spiro atoms. The number of piperazine rings is 1. The molecule has 1 aliphatic heterocycles. The number of anilines is 1. The average molecular weight is 272 g/mol. The summed E-state index contributed by atoms with van der Waals surface area (Å²) in [6.07, 6.45) is 0.743. The Balaban J connectivity index is 1.82. The van der Waals surface area contributed by atoms with Gasteiger partial charge in [-0.25, -0.2) is 9.97 Å². The standard InChI is InChI=1S/C14H20N6/c1-10-7-12(9-13-8-11(2)18-19-13)17-14(16-10)20-5-3-15-4-6-20/h7-8,15H,3-6,9H2,1-2H3,(H,18,19). The van der Waals surface area contributed by atoms with Gasteiger partial charge in [-0.2, -0.15) is 5.10 Å². The predicted molar refractivity (Wildman–Crippen MR) is 78.0 cm³/mol. The van der Waals surface area contributed by atoms with Crippen molar-refractivity contribution in [2.24, 2.45) is 0 Å². The van der Waals surface area contributed by atoms with Gasteiger partial charge in [0.1, 0.15) is 0 Å². The number of aromatic amines is 1. The second-order valence-electron chi connectivity index (χ2n) is 5.26. The number of aromatic nitrogens is 4. The van der Waals surface area contributed by atoms with Gasteiger partial charge in [-0.15, -0.1) is 0 Å². The van der Waals surface area contributed by atoms with Crippen molar-refractivity contribution in [1.29, 1.82) is 0 Å². The fourth-order valence-corrected chi connectivity index (χ4v) is 2.46. The molecule has 0 bridgehead atoms. The van der Waals surface area contributed by atoms with Gasteiger partial charge in [0.05, 0.1) is 11.4 Å². The Hall–Kier alpha value is -1.95. The molecule has 3 heterocycles. The van der Waals surface area contributed by atoms with Crippen LogP contribution in [0, 0.1) is 13.8 Å². The first-order valence-corrected chi connectivity index (χ1v) is 7.02. The molecule has 3 rings (SSSR count). The van der Waals surface area contributed by atoms with Crippen LogP contribution in [0.5, 0.6) is 0 Å². The summed E-state index contributed by atoms with van der Waals surface area (Å²) in [5.41, 5.74) is 4.13. The van der Waals surface area contributed by atoms with Gasteiger partial charge in [0.2, 0.25) is 5.95 Å². The molecule has 1 fully saturated rings. The van der Waals surface area contributed by atoms with Gasteiger partial charge in [-0.05, 0) is 26.0 Å². The van der Waals surface area contributed by atoms with Crippen LogP contribution in [0.15, 0.2) is 12.1 Å². The Labute approximate surface area is 118 Å². The maximum absolute atomic E-state index is 4.69. The zero-order valence-corrected chi connectivity index (χ0v) is 12.0. The lowest BCUT2D eigenvalue weighted by Crippen LogP contribution is -2.44. The minimum absolute atomic E-state index is 0.743. The Kier molecular flexibility index (Phi) is 3.64. The largest absolute Gasteiger partial charge is 0.338 e. The Bertz CT molecular complexity index is 585. The van der Waals surface area contributed by atoms with Gasteiger partial charge in [0.15, 0.2) is 0 Å². The monoisotopic (exact) mass is 272 g/mol. The van der Waals surface area contributed by atoms with Crippen molar-refractivity contribution < 1.29 is 0 Å². The quantitative estimate of drug-likeness (QED) is 0.865. The molecule has 6 nitrogen and oxygen atoms in total. The van der Waals surface area contributed by atoms with Crippen LogP contribution in [-0.4, -0.2) is 46.3 Å². The Morgan fingerprint density at radius 3 is 2.60 bits per heavy atom. The number of hydrogen-bond donors (Lipinski definition) is 2. The lowest BCUT2D eigenvalue weighted by molar-refractivity contribution is 0.578. The summed E-state index contributed by atoms with van der Waals surface area (Å²) in [6.45, 7) is 7.94. The summed E-state index contributed by atoms with van der Waals surface area (Å²) in [6, 6.07) is 4.09. The number of hydrogen-bond acceptors (Lipinski definition) is 5. The highest BCUT2D eigenvalue weighted by atomic mass is 15.3. The summed E-state index contributed by atoms with van der Waals surface area (Å²) < 4.78 is 0. The summed E-state index contributed by atoms with van der Waals surface area (Å²) in [5, 5.41) is 10.6. The molecule has 0 atom stereocenters. The molecule has 6 heteroatoms. The van der Waals surface area contributed by atoms with Crippen LogP contribution in [0.3, 0.4) is 0 Å². The maximum Gasteiger partial charge on any atom is 0.225 e. The molecule has 2 N–H and O–H groups in total. The van der Waals surface area contributed by atoms with E-state index in [0.29, 0.717) is 0 Å². The van der Waals surface area contributed by atoms with Gasteiger partial charge in [-0.1, -0.05) is 0 Å². The first-order chi connectivity index (χ1) is 9.70. The smallest absolute Gasteiger partial charge is 0.225 e. The number of aryl methyl sites for hydroxylation is 2. The van der Waals surface area contributed by atoms with Crippen LogP contribution in [0.25, 0.3) is 0 Å². The van der Waals surface area contributed by atoms with E-state index in [0.717, 1.165) is 61.3 Å². The van der Waals surface area contributed by atoms with Crippen molar-refractivity contribution in [3.8, 4) is 0 Å². The van der Waals surface area contributed by atoms with E-state index in [1.807, 2.05) is 19.9 Å². The lowest BCUT2D eigenvalue weighted by atomic mass is 10.2. The molecule has 0 aliphatic carbocycles. The van der Waals surface area contributed by atoms with E-state index in [4.69, 9.17) is 4.98 Å². The highest BCUT2D eigenvalue weighted by molar-refractivity contribution is 5.34. The highest BCUT2D eigenvalue weighted by Gasteiger charge is 2.14. The third-order valence-electron chi connectivity index (χ3n) is 3.42. The summed E-state index contributed by atoms with van der Waals surface area (Å²) in [7, 11) is 0. The molecule has 2 aromatic rings. The molecule has 0 saturated carbocycles. The van der Waals surface area contributed by atoms with Crippen molar-refractivity contribution in [1.82, 2.24) is 25.5 Å². The van der Waals surface area contributed by atoms with Crippen LogP contribution < -0.4 is 10.2 Å². The predicted octanol–water partition coefficient (Wildman–Crippen LogP) is 0.817. The molecule has 0 aromatic carbocycles. The topological polar surface area (TPSA) is 69.7 Å². The van der Waals surface area contributed by atoms with Crippen molar-refractivity contribution in [3.63, 3.8) is 0 Å². The third kappa shape index (κ3) is 2.96. The Morgan fingerprint density at radius 1 is 1.10 bits per heavy atom. The molecule has 0 radical (unpaired) electrons. The number of H-pyrrole nitrogens is 1. The number of rotatable bonds is 3. The van der Waals surface area contributed by atoms with Crippen LogP contribution in [0.2, 0.25) is 0 Å². The van der Waals surface area contributed by atoms with E-state index in [1.165, 1.54) is 0 Å². The molecule has 20 heavy (non-hydrogen) atoms. The summed E-state index contributed by atoms with van der Waals surface area (Å²) in [4.78, 5) is 11.5. The van der Waals surface area contributed by atoms with Crippen LogP contribution >= 0.6 is 0 Å². The highest BCUT2D eigenvalue weighted by Crippen LogP contribution is 2.13. The molecule has 1 saturated heterocycles. The van der Waals surface area contributed by atoms with E-state index in [1.54, 1.807) is 0 Å². The zero-order valence-electron chi connectivity index (χ0n) is 12.0. The van der Waals surface area contributed by atoms with Crippen molar-refractivity contribution >= 4 is 5.95 Å². The van der Waals surface area contributed by atoms with Crippen LogP contribution in [0.1, 0.15) is 22.8 Å². The summed E-state index contributed by atoms with van der Waals surface area (Å²) >= 11 is 0. The van der Waals surface area contributed by atoms with Crippen LogP contribution in [-0.2, 0) is 6.42 Å². The van der Waals surface area contributed by atoms with Crippen molar-refractivity contribution in [2.45, 2.75) is 20.3 Å². The van der Waals surface area contributed by atoms with Gasteiger partial charge in [-0.3, -0.25) is 5.10 Å². The van der Waals surface area contributed by atoms with Gasteiger partial charge in [0.25, 0.3) is 0 Å². The maximum atomic E-state index is 4.69. The van der Waals surface area contributed by atoms with Gasteiger partial charge < -0.3 is 10.2 Å². The van der Waals surface area contributed by atoms with E-state index in [2.05, 4.69) is 31.5 Å². The first-order valence-electron chi connectivity index (χ1n) is 7.02. The third-order valence-corrected chi connectivity index (χ3v) is 3.42. The molecule has 0 amide bonds. The van der Waals surface area contributed by atoms with Gasteiger partial charge >= 0.3 is 0 Å². The van der Waals surface area contributed by atoms with Crippen molar-refractivity contribution in [2.75, 3.05) is 31.1 Å². The molecule has 106 valence electrons. The average Bonchev–Trinajstić information content (AvgIpc) is 2.84. The van der Waals surface area contributed by atoms with E-state index in [-0.39, 0.29) is 0 Å². The molecule has 2 aromatic heterocycles.